The first-order valence-electron chi connectivity index (χ1n) is 6.75. The fraction of sp³-hybridized carbons (Fsp3) is 0.636. The Labute approximate surface area is 116 Å². The molecule has 3 rings (SSSR count). The monoisotopic (exact) mass is 278 g/mol. The van der Waals surface area contributed by atoms with E-state index in [1.54, 1.807) is 0 Å². The van der Waals surface area contributed by atoms with Crippen molar-refractivity contribution in [3.8, 4) is 0 Å². The van der Waals surface area contributed by atoms with E-state index in [1.165, 1.54) is 0 Å². The number of hydrogen-bond acceptors (Lipinski definition) is 8. The average molecular weight is 278 g/mol. The van der Waals surface area contributed by atoms with Gasteiger partial charge in [0, 0.05) is 26.1 Å². The standard InChI is InChI=1S/C11H18N8O/c12-18-10-15-9(14-7-5-8(20)13-6-7)16-11(17-10)19-3-1-2-4-19/h7H,1-6,12H2,(H,13,20)(H2,14,15,16,17,18). The van der Waals surface area contributed by atoms with E-state index >= 15 is 0 Å². The highest BCUT2D eigenvalue weighted by atomic mass is 16.1. The number of amides is 1. The smallest absolute Gasteiger partial charge is 0.243 e. The van der Waals surface area contributed by atoms with Gasteiger partial charge in [0.2, 0.25) is 23.8 Å². The van der Waals surface area contributed by atoms with Gasteiger partial charge in [-0.1, -0.05) is 0 Å². The highest BCUT2D eigenvalue weighted by molar-refractivity contribution is 5.79. The number of nitrogens with zero attached hydrogens (tertiary/aromatic N) is 4. The number of nitrogen functional groups attached to an aromatic ring is 1. The lowest BCUT2D eigenvalue weighted by atomic mass is 10.3. The molecule has 20 heavy (non-hydrogen) atoms. The van der Waals surface area contributed by atoms with Crippen LogP contribution in [0.1, 0.15) is 19.3 Å². The summed E-state index contributed by atoms with van der Waals surface area (Å²) >= 11 is 0. The maximum atomic E-state index is 11.2. The normalized spacial score (nSPS) is 21.9. The zero-order valence-electron chi connectivity index (χ0n) is 11.1. The third-order valence-electron chi connectivity index (χ3n) is 3.45. The number of nitrogens with two attached hydrogens (primary N) is 1. The fourth-order valence-corrected chi connectivity index (χ4v) is 2.44. The van der Waals surface area contributed by atoms with Crippen LogP contribution in [-0.2, 0) is 4.79 Å². The number of hydrazine groups is 1. The summed E-state index contributed by atoms with van der Waals surface area (Å²) in [5.74, 6) is 6.81. The Morgan fingerprint density at radius 1 is 1.20 bits per heavy atom. The van der Waals surface area contributed by atoms with Crippen LogP contribution in [0.3, 0.4) is 0 Å². The number of rotatable bonds is 4. The van der Waals surface area contributed by atoms with E-state index in [9.17, 15) is 4.79 Å². The molecule has 108 valence electrons. The molecule has 2 fully saturated rings. The van der Waals surface area contributed by atoms with Crippen molar-refractivity contribution in [2.75, 3.05) is 35.3 Å². The van der Waals surface area contributed by atoms with E-state index in [0.29, 0.717) is 30.8 Å². The first-order valence-corrected chi connectivity index (χ1v) is 6.75. The molecule has 0 saturated carbocycles. The molecule has 2 aliphatic rings. The second-order valence-corrected chi connectivity index (χ2v) is 4.97. The van der Waals surface area contributed by atoms with Crippen LogP contribution in [0.25, 0.3) is 0 Å². The Kier molecular flexibility index (Phi) is 3.50. The van der Waals surface area contributed by atoms with E-state index in [-0.39, 0.29) is 11.9 Å². The molecule has 9 nitrogen and oxygen atoms in total. The van der Waals surface area contributed by atoms with Crippen LogP contribution in [0.5, 0.6) is 0 Å². The number of aromatic nitrogens is 3. The molecule has 5 N–H and O–H groups in total. The molecule has 2 aliphatic heterocycles. The molecule has 1 unspecified atom stereocenters. The van der Waals surface area contributed by atoms with Gasteiger partial charge in [0.15, 0.2) is 0 Å². The van der Waals surface area contributed by atoms with Crippen molar-refractivity contribution in [3.05, 3.63) is 0 Å². The van der Waals surface area contributed by atoms with Crippen molar-refractivity contribution in [2.24, 2.45) is 5.84 Å². The van der Waals surface area contributed by atoms with Crippen molar-refractivity contribution >= 4 is 23.8 Å². The molecular weight excluding hydrogens is 260 g/mol. The Morgan fingerprint density at radius 2 is 1.95 bits per heavy atom. The van der Waals surface area contributed by atoms with Crippen molar-refractivity contribution in [1.82, 2.24) is 20.3 Å². The first kappa shape index (κ1) is 12.9. The SMILES string of the molecule is NNc1nc(NC2CNC(=O)C2)nc(N2CCCC2)n1. The van der Waals surface area contributed by atoms with Crippen LogP contribution in [0.15, 0.2) is 0 Å². The van der Waals surface area contributed by atoms with Crippen LogP contribution in [0.2, 0.25) is 0 Å². The van der Waals surface area contributed by atoms with Crippen LogP contribution < -0.4 is 26.8 Å². The number of carbonyl (C=O) groups excluding carboxylic acids is 1. The maximum absolute atomic E-state index is 11.2. The van der Waals surface area contributed by atoms with E-state index in [4.69, 9.17) is 5.84 Å². The van der Waals surface area contributed by atoms with E-state index in [0.717, 1.165) is 25.9 Å². The number of carbonyl (C=O) groups is 1. The minimum absolute atomic E-state index is 0.00181. The number of hydrogen-bond donors (Lipinski definition) is 4. The molecule has 1 amide bonds. The Balaban J connectivity index is 1.78. The average Bonchev–Trinajstić information content (AvgIpc) is 3.10. The van der Waals surface area contributed by atoms with Gasteiger partial charge in [0.25, 0.3) is 0 Å². The molecule has 1 aromatic rings. The number of nitrogens with one attached hydrogen (secondary N) is 3. The molecule has 2 saturated heterocycles. The lowest BCUT2D eigenvalue weighted by Crippen LogP contribution is -2.26. The quantitative estimate of drug-likeness (QED) is 0.411. The summed E-state index contributed by atoms with van der Waals surface area (Å²) in [7, 11) is 0. The Bertz CT molecular complexity index is 501. The minimum Gasteiger partial charge on any atom is -0.354 e. The van der Waals surface area contributed by atoms with Gasteiger partial charge >= 0.3 is 0 Å². The topological polar surface area (TPSA) is 121 Å². The van der Waals surface area contributed by atoms with Gasteiger partial charge in [-0.3, -0.25) is 10.2 Å². The molecule has 0 aromatic carbocycles. The van der Waals surface area contributed by atoms with Crippen LogP contribution in [-0.4, -0.2) is 46.5 Å². The zero-order chi connectivity index (χ0) is 13.9. The summed E-state index contributed by atoms with van der Waals surface area (Å²) in [6.07, 6.45) is 2.71. The van der Waals surface area contributed by atoms with Gasteiger partial charge in [-0.25, -0.2) is 5.84 Å². The second-order valence-electron chi connectivity index (χ2n) is 4.97. The third-order valence-corrected chi connectivity index (χ3v) is 3.45. The van der Waals surface area contributed by atoms with Crippen molar-refractivity contribution in [1.29, 1.82) is 0 Å². The summed E-state index contributed by atoms with van der Waals surface area (Å²) in [5, 5.41) is 5.91. The van der Waals surface area contributed by atoms with Crippen LogP contribution in [0.4, 0.5) is 17.8 Å². The summed E-state index contributed by atoms with van der Waals surface area (Å²) < 4.78 is 0. The third kappa shape index (κ3) is 2.72. The molecular formula is C11H18N8O. The molecule has 3 heterocycles. The molecule has 1 aromatic heterocycles. The van der Waals surface area contributed by atoms with Crippen LogP contribution in [0, 0.1) is 0 Å². The molecule has 0 aliphatic carbocycles. The lowest BCUT2D eigenvalue weighted by molar-refractivity contribution is -0.119. The summed E-state index contributed by atoms with van der Waals surface area (Å²) in [5.41, 5.74) is 2.45. The molecule has 9 heteroatoms. The predicted octanol–water partition coefficient (Wildman–Crippen LogP) is -0.942. The summed E-state index contributed by atoms with van der Waals surface area (Å²) in [6, 6.07) is 0.00181. The van der Waals surface area contributed by atoms with E-state index in [2.05, 4.69) is 35.9 Å². The van der Waals surface area contributed by atoms with Gasteiger partial charge in [0.05, 0.1) is 6.04 Å². The van der Waals surface area contributed by atoms with Gasteiger partial charge in [-0.15, -0.1) is 0 Å². The van der Waals surface area contributed by atoms with Crippen LogP contribution >= 0.6 is 0 Å². The second kappa shape index (κ2) is 5.45. The highest BCUT2D eigenvalue weighted by Gasteiger charge is 2.23. The van der Waals surface area contributed by atoms with Crippen molar-refractivity contribution in [2.45, 2.75) is 25.3 Å². The zero-order valence-corrected chi connectivity index (χ0v) is 11.1. The summed E-state index contributed by atoms with van der Waals surface area (Å²) in [4.78, 5) is 26.2. The lowest BCUT2D eigenvalue weighted by Gasteiger charge is -2.17. The van der Waals surface area contributed by atoms with Gasteiger partial charge in [-0.2, -0.15) is 15.0 Å². The van der Waals surface area contributed by atoms with E-state index in [1.807, 2.05) is 0 Å². The Hall–Kier alpha value is -2.16. The van der Waals surface area contributed by atoms with Gasteiger partial charge < -0.3 is 15.5 Å². The summed E-state index contributed by atoms with van der Waals surface area (Å²) in [6.45, 7) is 2.46. The Morgan fingerprint density at radius 3 is 2.60 bits per heavy atom. The van der Waals surface area contributed by atoms with Crippen molar-refractivity contribution < 1.29 is 4.79 Å². The fourth-order valence-electron chi connectivity index (χ4n) is 2.44. The maximum Gasteiger partial charge on any atom is 0.243 e. The molecule has 1 atom stereocenters. The van der Waals surface area contributed by atoms with Gasteiger partial charge in [0.1, 0.15) is 0 Å². The molecule has 0 bridgehead atoms. The largest absolute Gasteiger partial charge is 0.354 e. The van der Waals surface area contributed by atoms with E-state index < -0.39 is 0 Å². The molecule has 0 spiro atoms. The highest BCUT2D eigenvalue weighted by Crippen LogP contribution is 2.19. The van der Waals surface area contributed by atoms with Gasteiger partial charge in [-0.05, 0) is 12.8 Å². The number of anilines is 3. The predicted molar refractivity (Wildman–Crippen MR) is 74.1 cm³/mol. The first-order chi connectivity index (χ1) is 9.74. The van der Waals surface area contributed by atoms with Crippen molar-refractivity contribution in [3.63, 3.8) is 0 Å². The molecule has 0 radical (unpaired) electrons. The minimum atomic E-state index is 0.00181.